The molecule has 2 aromatic carbocycles. The van der Waals surface area contributed by atoms with Crippen molar-refractivity contribution < 1.29 is 28.5 Å². The molecule has 26 heavy (non-hydrogen) atoms. The number of benzene rings is 2. The van der Waals surface area contributed by atoms with Gasteiger partial charge in [0.05, 0.1) is 18.4 Å². The summed E-state index contributed by atoms with van der Waals surface area (Å²) in [5.74, 6) is 0.293. The summed E-state index contributed by atoms with van der Waals surface area (Å²) in [6.07, 6.45) is -1.03. The van der Waals surface area contributed by atoms with Crippen molar-refractivity contribution in [3.63, 3.8) is 0 Å². The predicted octanol–water partition coefficient (Wildman–Crippen LogP) is 3.26. The van der Waals surface area contributed by atoms with E-state index < -0.39 is 18.0 Å². The van der Waals surface area contributed by atoms with Crippen LogP contribution < -0.4 is 19.5 Å². The van der Waals surface area contributed by atoms with Gasteiger partial charge < -0.3 is 24.3 Å². The third-order valence-electron chi connectivity index (χ3n) is 3.68. The lowest BCUT2D eigenvalue weighted by molar-refractivity contribution is -0.123. The van der Waals surface area contributed by atoms with Crippen molar-refractivity contribution in [1.29, 1.82) is 0 Å². The fourth-order valence-corrected chi connectivity index (χ4v) is 2.49. The van der Waals surface area contributed by atoms with Crippen molar-refractivity contribution in [2.24, 2.45) is 0 Å². The number of nitrogens with one attached hydrogen (secondary N) is 1. The number of amides is 1. The van der Waals surface area contributed by atoms with E-state index in [4.69, 9.17) is 30.5 Å². The van der Waals surface area contributed by atoms with Crippen LogP contribution in [-0.2, 0) is 9.53 Å². The lowest BCUT2D eigenvalue weighted by atomic mass is 10.2. The number of anilines is 1. The molecule has 0 aromatic heterocycles. The highest BCUT2D eigenvalue weighted by molar-refractivity contribution is 6.31. The fraction of sp³-hybridized carbons (Fsp3) is 0.222. The highest BCUT2D eigenvalue weighted by Gasteiger charge is 2.22. The fourth-order valence-electron chi connectivity index (χ4n) is 2.32. The number of esters is 1. The molecule has 7 nitrogen and oxygen atoms in total. The van der Waals surface area contributed by atoms with Crippen LogP contribution in [0, 0.1) is 0 Å². The van der Waals surface area contributed by atoms with Gasteiger partial charge >= 0.3 is 5.97 Å². The Bertz CT molecular complexity index is 854. The van der Waals surface area contributed by atoms with Crippen molar-refractivity contribution in [2.75, 3.05) is 19.2 Å². The van der Waals surface area contributed by atoms with Crippen LogP contribution in [0.2, 0.25) is 5.02 Å². The minimum Gasteiger partial charge on any atom is -0.495 e. The third kappa shape index (κ3) is 3.83. The largest absolute Gasteiger partial charge is 0.495 e. The first-order valence-corrected chi connectivity index (χ1v) is 8.11. The molecule has 1 N–H and O–H groups in total. The molecule has 0 fully saturated rings. The number of carbonyl (C=O) groups excluding carboxylic acids is 2. The summed E-state index contributed by atoms with van der Waals surface area (Å²) in [5, 5.41) is 3.07. The minimum atomic E-state index is -1.03. The van der Waals surface area contributed by atoms with E-state index in [0.717, 1.165) is 0 Å². The molecule has 0 saturated heterocycles. The summed E-state index contributed by atoms with van der Waals surface area (Å²) in [4.78, 5) is 24.6. The van der Waals surface area contributed by atoms with Gasteiger partial charge in [0.2, 0.25) is 6.79 Å². The predicted molar refractivity (Wildman–Crippen MR) is 94.1 cm³/mol. The molecular formula is C18H16ClNO6. The van der Waals surface area contributed by atoms with Gasteiger partial charge in [-0.1, -0.05) is 11.6 Å². The van der Waals surface area contributed by atoms with E-state index in [9.17, 15) is 9.59 Å². The molecule has 1 amide bonds. The number of ether oxygens (including phenoxy) is 4. The molecular weight excluding hydrogens is 362 g/mol. The van der Waals surface area contributed by atoms with Crippen molar-refractivity contribution in [2.45, 2.75) is 13.0 Å². The molecule has 1 aliphatic heterocycles. The Morgan fingerprint density at radius 1 is 1.15 bits per heavy atom. The van der Waals surface area contributed by atoms with E-state index in [2.05, 4.69) is 5.32 Å². The molecule has 2 aromatic rings. The molecule has 0 spiro atoms. The Labute approximate surface area is 154 Å². The van der Waals surface area contributed by atoms with Gasteiger partial charge in [-0.2, -0.15) is 0 Å². The van der Waals surface area contributed by atoms with Crippen molar-refractivity contribution >= 4 is 29.2 Å². The summed E-state index contributed by atoms with van der Waals surface area (Å²) in [5.41, 5.74) is 0.644. The summed E-state index contributed by atoms with van der Waals surface area (Å²) in [6, 6.07) is 9.47. The van der Waals surface area contributed by atoms with E-state index >= 15 is 0 Å². The first-order chi connectivity index (χ1) is 12.5. The minimum absolute atomic E-state index is 0.105. The van der Waals surface area contributed by atoms with Gasteiger partial charge in [0.1, 0.15) is 5.75 Å². The van der Waals surface area contributed by atoms with Crippen LogP contribution in [0.4, 0.5) is 5.69 Å². The van der Waals surface area contributed by atoms with E-state index in [1.54, 1.807) is 30.3 Å². The Morgan fingerprint density at radius 3 is 2.69 bits per heavy atom. The summed E-state index contributed by atoms with van der Waals surface area (Å²) >= 11 is 5.93. The summed E-state index contributed by atoms with van der Waals surface area (Å²) in [7, 11) is 1.47. The average Bonchev–Trinajstić information content (AvgIpc) is 3.09. The van der Waals surface area contributed by atoms with Crippen LogP contribution >= 0.6 is 11.6 Å². The summed E-state index contributed by atoms with van der Waals surface area (Å²) < 4.78 is 20.8. The molecule has 1 atom stereocenters. The third-order valence-corrected chi connectivity index (χ3v) is 3.92. The van der Waals surface area contributed by atoms with Crippen LogP contribution in [0.25, 0.3) is 0 Å². The van der Waals surface area contributed by atoms with Gasteiger partial charge in [0.25, 0.3) is 5.91 Å². The molecule has 1 unspecified atom stereocenters. The van der Waals surface area contributed by atoms with E-state index in [1.807, 2.05) is 0 Å². The van der Waals surface area contributed by atoms with Gasteiger partial charge in [0.15, 0.2) is 17.6 Å². The van der Waals surface area contributed by atoms with Crippen molar-refractivity contribution in [3.05, 3.63) is 47.0 Å². The summed E-state index contributed by atoms with van der Waals surface area (Å²) in [6.45, 7) is 1.57. The van der Waals surface area contributed by atoms with Gasteiger partial charge in [-0.15, -0.1) is 0 Å². The average molecular weight is 378 g/mol. The maximum Gasteiger partial charge on any atom is 0.339 e. The maximum atomic E-state index is 12.3. The Kier molecular flexibility index (Phi) is 5.18. The first kappa shape index (κ1) is 17.9. The lowest BCUT2D eigenvalue weighted by Crippen LogP contribution is -2.30. The van der Waals surface area contributed by atoms with Crippen LogP contribution in [-0.4, -0.2) is 31.9 Å². The van der Waals surface area contributed by atoms with Crippen LogP contribution in [0.15, 0.2) is 36.4 Å². The number of methoxy groups -OCH3 is 1. The zero-order valence-corrected chi connectivity index (χ0v) is 14.8. The molecule has 0 aliphatic carbocycles. The second-order valence-electron chi connectivity index (χ2n) is 5.45. The zero-order chi connectivity index (χ0) is 18.7. The molecule has 136 valence electrons. The smallest absolute Gasteiger partial charge is 0.339 e. The van der Waals surface area contributed by atoms with Crippen LogP contribution in [0.1, 0.15) is 17.3 Å². The Morgan fingerprint density at radius 2 is 1.92 bits per heavy atom. The van der Waals surface area contributed by atoms with Crippen molar-refractivity contribution in [1.82, 2.24) is 0 Å². The van der Waals surface area contributed by atoms with E-state index in [0.29, 0.717) is 28.0 Å². The van der Waals surface area contributed by atoms with Gasteiger partial charge in [-0.3, -0.25) is 4.79 Å². The SMILES string of the molecule is COc1ccc(Cl)cc1NC(=O)C(C)OC(=O)c1ccc2c(c1)OCO2. The highest BCUT2D eigenvalue weighted by Crippen LogP contribution is 2.33. The molecule has 0 bridgehead atoms. The number of hydrogen-bond acceptors (Lipinski definition) is 6. The number of fused-ring (bicyclic) bond motifs is 1. The van der Waals surface area contributed by atoms with Crippen LogP contribution in [0.3, 0.4) is 0 Å². The van der Waals surface area contributed by atoms with E-state index in [1.165, 1.54) is 20.1 Å². The number of halogens is 1. The standard InChI is InChI=1S/C18H16ClNO6/c1-10(17(21)20-13-8-12(19)4-6-14(13)23-2)26-18(22)11-3-5-15-16(7-11)25-9-24-15/h3-8,10H,9H2,1-2H3,(H,20,21). The lowest BCUT2D eigenvalue weighted by Gasteiger charge is -2.15. The van der Waals surface area contributed by atoms with E-state index in [-0.39, 0.29) is 12.4 Å². The highest BCUT2D eigenvalue weighted by atomic mass is 35.5. The monoisotopic (exact) mass is 377 g/mol. The second-order valence-corrected chi connectivity index (χ2v) is 5.89. The van der Waals surface area contributed by atoms with Crippen molar-refractivity contribution in [3.8, 4) is 17.2 Å². The molecule has 1 heterocycles. The van der Waals surface area contributed by atoms with Gasteiger partial charge in [-0.25, -0.2) is 4.79 Å². The first-order valence-electron chi connectivity index (χ1n) is 7.73. The quantitative estimate of drug-likeness (QED) is 0.805. The number of hydrogen-bond donors (Lipinski definition) is 1. The molecule has 1 aliphatic rings. The molecule has 0 radical (unpaired) electrons. The normalized spacial score (nSPS) is 13.0. The number of rotatable bonds is 5. The van der Waals surface area contributed by atoms with Crippen LogP contribution in [0.5, 0.6) is 17.2 Å². The molecule has 3 rings (SSSR count). The van der Waals surface area contributed by atoms with Gasteiger partial charge in [0, 0.05) is 5.02 Å². The maximum absolute atomic E-state index is 12.3. The zero-order valence-electron chi connectivity index (χ0n) is 14.1. The van der Waals surface area contributed by atoms with Gasteiger partial charge in [-0.05, 0) is 43.3 Å². The Hall–Kier alpha value is -2.93. The Balaban J connectivity index is 1.66. The molecule has 0 saturated carbocycles. The molecule has 8 heteroatoms. The second kappa shape index (κ2) is 7.53. The topological polar surface area (TPSA) is 83.1 Å². The number of carbonyl (C=O) groups is 2.